The highest BCUT2D eigenvalue weighted by atomic mass is 35.5. The molecular formula is C12H18ClNO. The summed E-state index contributed by atoms with van der Waals surface area (Å²) in [6, 6.07) is 5.28. The number of halogens is 1. The molecule has 2 nitrogen and oxygen atoms in total. The Morgan fingerprint density at radius 3 is 2.60 bits per heavy atom. The lowest BCUT2D eigenvalue weighted by atomic mass is 10.1. The number of hydrogen-bond donors (Lipinski definition) is 1. The van der Waals surface area contributed by atoms with Crippen LogP contribution in [-0.4, -0.2) is 6.10 Å². The van der Waals surface area contributed by atoms with Crippen molar-refractivity contribution >= 4 is 17.3 Å². The van der Waals surface area contributed by atoms with E-state index in [2.05, 4.69) is 13.8 Å². The lowest BCUT2D eigenvalue weighted by Gasteiger charge is -2.17. The molecule has 1 aromatic carbocycles. The highest BCUT2D eigenvalue weighted by molar-refractivity contribution is 6.30. The van der Waals surface area contributed by atoms with Crippen LogP contribution in [0.25, 0.3) is 0 Å². The van der Waals surface area contributed by atoms with Crippen LogP contribution < -0.4 is 10.5 Å². The van der Waals surface area contributed by atoms with Gasteiger partial charge in [0.05, 0.1) is 11.8 Å². The van der Waals surface area contributed by atoms with E-state index in [4.69, 9.17) is 22.1 Å². The van der Waals surface area contributed by atoms with Crippen molar-refractivity contribution in [3.63, 3.8) is 0 Å². The zero-order chi connectivity index (χ0) is 11.4. The highest BCUT2D eigenvalue weighted by Crippen LogP contribution is 2.27. The molecule has 0 aromatic heterocycles. The van der Waals surface area contributed by atoms with E-state index in [-0.39, 0.29) is 6.10 Å². The standard InChI is InChI=1S/C12H18ClNO/c1-8(2)6-9(3)15-12-7-10(13)4-5-11(12)14/h4-5,7-9H,6,14H2,1-3H3. The van der Waals surface area contributed by atoms with Crippen LogP contribution in [0.5, 0.6) is 5.75 Å². The number of nitrogens with two attached hydrogens (primary N) is 1. The largest absolute Gasteiger partial charge is 0.488 e. The van der Waals surface area contributed by atoms with Crippen molar-refractivity contribution in [3.8, 4) is 5.75 Å². The lowest BCUT2D eigenvalue weighted by Crippen LogP contribution is -2.15. The van der Waals surface area contributed by atoms with Crippen molar-refractivity contribution in [1.29, 1.82) is 0 Å². The van der Waals surface area contributed by atoms with Gasteiger partial charge in [0.2, 0.25) is 0 Å². The van der Waals surface area contributed by atoms with Gasteiger partial charge in [-0.3, -0.25) is 0 Å². The smallest absolute Gasteiger partial charge is 0.144 e. The molecule has 0 spiro atoms. The first-order chi connectivity index (χ1) is 6.99. The van der Waals surface area contributed by atoms with Crippen LogP contribution in [-0.2, 0) is 0 Å². The van der Waals surface area contributed by atoms with Crippen LogP contribution in [0, 0.1) is 5.92 Å². The third-order valence-corrected chi connectivity index (χ3v) is 2.34. The van der Waals surface area contributed by atoms with E-state index in [0.29, 0.717) is 22.4 Å². The molecule has 1 atom stereocenters. The Bertz CT molecular complexity index is 325. The van der Waals surface area contributed by atoms with Gasteiger partial charge in [0.15, 0.2) is 0 Å². The molecule has 0 fully saturated rings. The summed E-state index contributed by atoms with van der Waals surface area (Å²) in [5.74, 6) is 1.29. The number of hydrogen-bond acceptors (Lipinski definition) is 2. The average molecular weight is 228 g/mol. The number of ether oxygens (including phenoxy) is 1. The highest BCUT2D eigenvalue weighted by Gasteiger charge is 2.09. The normalized spacial score (nSPS) is 12.9. The third kappa shape index (κ3) is 4.00. The van der Waals surface area contributed by atoms with Gasteiger partial charge < -0.3 is 10.5 Å². The molecule has 3 heteroatoms. The molecule has 1 unspecified atom stereocenters. The zero-order valence-electron chi connectivity index (χ0n) is 9.46. The molecule has 0 saturated heterocycles. The minimum atomic E-state index is 0.158. The Kier molecular flexibility index (Phi) is 4.28. The Balaban J connectivity index is 2.67. The first-order valence-electron chi connectivity index (χ1n) is 5.20. The Morgan fingerprint density at radius 2 is 2.00 bits per heavy atom. The predicted octanol–water partition coefficient (Wildman–Crippen LogP) is 3.74. The summed E-state index contributed by atoms with van der Waals surface area (Å²) in [7, 11) is 0. The monoisotopic (exact) mass is 227 g/mol. The molecule has 0 radical (unpaired) electrons. The molecule has 0 aliphatic carbocycles. The van der Waals surface area contributed by atoms with Crippen LogP contribution in [0.2, 0.25) is 5.02 Å². The molecule has 1 rings (SSSR count). The maximum absolute atomic E-state index is 5.87. The lowest BCUT2D eigenvalue weighted by molar-refractivity contribution is 0.194. The van der Waals surface area contributed by atoms with E-state index in [1.54, 1.807) is 18.2 Å². The van der Waals surface area contributed by atoms with E-state index in [0.717, 1.165) is 6.42 Å². The van der Waals surface area contributed by atoms with E-state index in [1.807, 2.05) is 6.92 Å². The first-order valence-corrected chi connectivity index (χ1v) is 5.58. The van der Waals surface area contributed by atoms with Crippen LogP contribution in [0.1, 0.15) is 27.2 Å². The fourth-order valence-corrected chi connectivity index (χ4v) is 1.70. The molecule has 0 aliphatic rings. The number of rotatable bonds is 4. The van der Waals surface area contributed by atoms with Gasteiger partial charge in [0.1, 0.15) is 5.75 Å². The van der Waals surface area contributed by atoms with Crippen LogP contribution in [0.15, 0.2) is 18.2 Å². The van der Waals surface area contributed by atoms with E-state index >= 15 is 0 Å². The van der Waals surface area contributed by atoms with Gasteiger partial charge in [-0.25, -0.2) is 0 Å². The van der Waals surface area contributed by atoms with E-state index in [1.165, 1.54) is 0 Å². The summed E-state index contributed by atoms with van der Waals surface area (Å²) in [5, 5.41) is 0.649. The Hall–Kier alpha value is -0.890. The summed E-state index contributed by atoms with van der Waals surface area (Å²) in [6.45, 7) is 6.38. The summed E-state index contributed by atoms with van der Waals surface area (Å²) >= 11 is 5.87. The molecule has 0 saturated carbocycles. The fraction of sp³-hybridized carbons (Fsp3) is 0.500. The third-order valence-electron chi connectivity index (χ3n) is 2.11. The van der Waals surface area contributed by atoms with Crippen molar-refractivity contribution in [3.05, 3.63) is 23.2 Å². The summed E-state index contributed by atoms with van der Waals surface area (Å²) in [5.41, 5.74) is 6.42. The maximum Gasteiger partial charge on any atom is 0.144 e. The van der Waals surface area contributed by atoms with Gasteiger partial charge in [0, 0.05) is 11.1 Å². The molecule has 15 heavy (non-hydrogen) atoms. The summed E-state index contributed by atoms with van der Waals surface area (Å²) < 4.78 is 5.73. The minimum absolute atomic E-state index is 0.158. The van der Waals surface area contributed by atoms with Crippen LogP contribution in [0.3, 0.4) is 0 Å². The van der Waals surface area contributed by atoms with Gasteiger partial charge >= 0.3 is 0 Å². The number of benzene rings is 1. The van der Waals surface area contributed by atoms with Crippen LogP contribution >= 0.6 is 11.6 Å². The SMILES string of the molecule is CC(C)CC(C)Oc1cc(Cl)ccc1N. The fourth-order valence-electron chi connectivity index (χ4n) is 1.54. The topological polar surface area (TPSA) is 35.2 Å². The quantitative estimate of drug-likeness (QED) is 0.796. The van der Waals surface area contributed by atoms with E-state index < -0.39 is 0 Å². The Morgan fingerprint density at radius 1 is 1.33 bits per heavy atom. The molecular weight excluding hydrogens is 210 g/mol. The predicted molar refractivity (Wildman–Crippen MR) is 65.4 cm³/mol. The second-order valence-corrected chi connectivity index (χ2v) is 4.68. The average Bonchev–Trinajstić information content (AvgIpc) is 2.10. The summed E-state index contributed by atoms with van der Waals surface area (Å²) in [6.07, 6.45) is 1.16. The summed E-state index contributed by atoms with van der Waals surface area (Å²) in [4.78, 5) is 0. The number of anilines is 1. The second-order valence-electron chi connectivity index (χ2n) is 4.24. The van der Waals surface area contributed by atoms with Crippen molar-refractivity contribution in [2.24, 2.45) is 5.92 Å². The van der Waals surface area contributed by atoms with Crippen molar-refractivity contribution < 1.29 is 4.74 Å². The van der Waals surface area contributed by atoms with Gasteiger partial charge in [-0.2, -0.15) is 0 Å². The van der Waals surface area contributed by atoms with Crippen molar-refractivity contribution in [2.75, 3.05) is 5.73 Å². The Labute approximate surface area is 96.4 Å². The molecule has 84 valence electrons. The molecule has 0 bridgehead atoms. The first kappa shape index (κ1) is 12.2. The van der Waals surface area contributed by atoms with Crippen molar-refractivity contribution in [2.45, 2.75) is 33.3 Å². The van der Waals surface area contributed by atoms with Crippen molar-refractivity contribution in [1.82, 2.24) is 0 Å². The van der Waals surface area contributed by atoms with E-state index in [9.17, 15) is 0 Å². The molecule has 1 aromatic rings. The second kappa shape index (κ2) is 5.26. The molecule has 0 aliphatic heterocycles. The van der Waals surface area contributed by atoms with Gasteiger partial charge in [0.25, 0.3) is 0 Å². The molecule has 0 heterocycles. The zero-order valence-corrected chi connectivity index (χ0v) is 10.2. The number of nitrogen functional groups attached to an aromatic ring is 1. The van der Waals surface area contributed by atoms with Gasteiger partial charge in [-0.15, -0.1) is 0 Å². The maximum atomic E-state index is 5.87. The van der Waals surface area contributed by atoms with Crippen LogP contribution in [0.4, 0.5) is 5.69 Å². The molecule has 2 N–H and O–H groups in total. The van der Waals surface area contributed by atoms with Gasteiger partial charge in [-0.1, -0.05) is 25.4 Å². The van der Waals surface area contributed by atoms with Gasteiger partial charge in [-0.05, 0) is 31.4 Å². The molecule has 0 amide bonds. The minimum Gasteiger partial charge on any atom is -0.488 e.